The molecule has 428 valence electrons. The number of hydrogen-bond donors (Lipinski definition) is 1. The molecule has 0 aromatic heterocycles. The number of quaternary nitrogens is 1. The maximum Gasteiger partial charge on any atom is 0.472 e. The minimum Gasteiger partial charge on any atom is -0.462 e. The van der Waals surface area contributed by atoms with E-state index in [1.54, 1.807) is 0 Å². The number of unbranched alkanes of at least 4 members (excludes halogenated alkanes) is 11. The van der Waals surface area contributed by atoms with Crippen molar-refractivity contribution in [2.75, 3.05) is 47.5 Å². The molecule has 2 unspecified atom stereocenters. The van der Waals surface area contributed by atoms with E-state index in [1.165, 1.54) is 32.1 Å². The van der Waals surface area contributed by atoms with Gasteiger partial charge >= 0.3 is 19.8 Å². The highest BCUT2D eigenvalue weighted by Crippen LogP contribution is 2.43. The molecule has 0 radical (unpaired) electrons. The Morgan fingerprint density at radius 1 is 0.408 bits per heavy atom. The lowest BCUT2D eigenvalue weighted by Gasteiger charge is -2.24. The number of phosphoric ester groups is 1. The molecule has 1 N–H and O–H groups in total. The van der Waals surface area contributed by atoms with Crippen molar-refractivity contribution in [3.8, 4) is 0 Å². The fourth-order valence-corrected chi connectivity index (χ4v) is 7.86. The van der Waals surface area contributed by atoms with Gasteiger partial charge in [0.1, 0.15) is 19.8 Å². The van der Waals surface area contributed by atoms with E-state index in [0.717, 1.165) is 122 Å². The van der Waals surface area contributed by atoms with Gasteiger partial charge in [-0.25, -0.2) is 4.57 Å². The fraction of sp³-hybridized carbons (Fsp3) is 0.576. The molecule has 0 saturated carbocycles. The van der Waals surface area contributed by atoms with Crippen LogP contribution in [0, 0.1) is 0 Å². The third kappa shape index (κ3) is 58.9. The minimum absolute atomic E-state index is 0.0121. The molecule has 10 heteroatoms. The van der Waals surface area contributed by atoms with Crippen LogP contribution < -0.4 is 0 Å². The van der Waals surface area contributed by atoms with E-state index in [-0.39, 0.29) is 26.1 Å². The van der Waals surface area contributed by atoms with Gasteiger partial charge in [0, 0.05) is 12.8 Å². The van der Waals surface area contributed by atoms with Gasteiger partial charge in [-0.05, 0) is 122 Å². The first-order chi connectivity index (χ1) is 37.0. The first-order valence-corrected chi connectivity index (χ1v) is 30.7. The van der Waals surface area contributed by atoms with E-state index in [1.807, 2.05) is 21.1 Å². The van der Waals surface area contributed by atoms with Gasteiger partial charge in [-0.1, -0.05) is 217 Å². The SMILES string of the molecule is CC/C=C\C/C=C\C/C=C\C/C=C\C/C=C\C/C=C\C/C=C\C/C=C\CCCCC(=O)OC(COC(=O)CCCCCCCCCCC/C=C\C/C=C\C/C=C\C/C=C\C/C=C\CC)COP(=O)(O)OCC[N+](C)(C)C. The second-order valence-electron chi connectivity index (χ2n) is 19.9. The van der Waals surface area contributed by atoms with E-state index in [0.29, 0.717) is 23.9 Å². The molecular formula is C66H107NO8P+. The van der Waals surface area contributed by atoms with E-state index < -0.39 is 32.5 Å². The van der Waals surface area contributed by atoms with Crippen LogP contribution in [0.2, 0.25) is 0 Å². The van der Waals surface area contributed by atoms with Crippen molar-refractivity contribution in [3.63, 3.8) is 0 Å². The van der Waals surface area contributed by atoms with Crippen LogP contribution in [0.5, 0.6) is 0 Å². The Hall–Kier alpha value is -4.37. The van der Waals surface area contributed by atoms with Crippen LogP contribution in [0.15, 0.2) is 158 Å². The topological polar surface area (TPSA) is 108 Å². The largest absolute Gasteiger partial charge is 0.472 e. The van der Waals surface area contributed by atoms with Gasteiger partial charge in [0.25, 0.3) is 0 Å². The Balaban J connectivity index is 4.33. The highest BCUT2D eigenvalue weighted by molar-refractivity contribution is 7.47. The molecule has 9 nitrogen and oxygen atoms in total. The third-order valence-electron chi connectivity index (χ3n) is 11.6. The molecule has 0 fully saturated rings. The fourth-order valence-electron chi connectivity index (χ4n) is 7.11. The van der Waals surface area contributed by atoms with Gasteiger partial charge in [0.2, 0.25) is 0 Å². The molecule has 76 heavy (non-hydrogen) atoms. The maximum absolute atomic E-state index is 12.8. The second kappa shape index (κ2) is 55.4. The van der Waals surface area contributed by atoms with Crippen molar-refractivity contribution in [3.05, 3.63) is 158 Å². The summed E-state index contributed by atoms with van der Waals surface area (Å²) in [6, 6.07) is 0. The van der Waals surface area contributed by atoms with Gasteiger partial charge in [-0.2, -0.15) is 0 Å². The van der Waals surface area contributed by atoms with Crippen LogP contribution in [0.25, 0.3) is 0 Å². The molecule has 0 saturated heterocycles. The predicted octanol–water partition coefficient (Wildman–Crippen LogP) is 18.5. The Morgan fingerprint density at radius 3 is 1.08 bits per heavy atom. The number of ether oxygens (including phenoxy) is 2. The molecule has 0 rings (SSSR count). The monoisotopic (exact) mass is 1070 g/mol. The number of hydrogen-bond acceptors (Lipinski definition) is 7. The molecule has 0 aliphatic carbocycles. The zero-order chi connectivity index (χ0) is 55.6. The number of nitrogens with zero attached hydrogens (tertiary/aromatic N) is 1. The van der Waals surface area contributed by atoms with E-state index in [9.17, 15) is 19.0 Å². The van der Waals surface area contributed by atoms with E-state index >= 15 is 0 Å². The molecule has 0 bridgehead atoms. The second-order valence-corrected chi connectivity index (χ2v) is 21.4. The van der Waals surface area contributed by atoms with Crippen molar-refractivity contribution < 1.29 is 42.1 Å². The molecule has 0 spiro atoms. The molecule has 0 heterocycles. The number of carbonyl (C=O) groups excluding carboxylic acids is 2. The van der Waals surface area contributed by atoms with Gasteiger partial charge in [0.15, 0.2) is 6.10 Å². The Morgan fingerprint density at radius 2 is 0.711 bits per heavy atom. The lowest BCUT2D eigenvalue weighted by Crippen LogP contribution is -2.37. The molecular weight excluding hydrogens is 966 g/mol. The number of carbonyl (C=O) groups is 2. The van der Waals surface area contributed by atoms with E-state index in [4.69, 9.17) is 18.5 Å². The first kappa shape index (κ1) is 71.6. The molecule has 0 aliphatic heterocycles. The van der Waals surface area contributed by atoms with Crippen molar-refractivity contribution >= 4 is 19.8 Å². The molecule has 2 atom stereocenters. The zero-order valence-electron chi connectivity index (χ0n) is 48.4. The van der Waals surface area contributed by atoms with Crippen LogP contribution in [-0.4, -0.2) is 74.9 Å². The van der Waals surface area contributed by atoms with Crippen molar-refractivity contribution in [2.24, 2.45) is 0 Å². The average molecular weight is 1070 g/mol. The van der Waals surface area contributed by atoms with Crippen LogP contribution in [0.4, 0.5) is 0 Å². The average Bonchev–Trinajstić information content (AvgIpc) is 3.38. The van der Waals surface area contributed by atoms with Crippen molar-refractivity contribution in [1.82, 2.24) is 0 Å². The minimum atomic E-state index is -4.41. The smallest absolute Gasteiger partial charge is 0.462 e. The molecule has 0 aromatic carbocycles. The van der Waals surface area contributed by atoms with Gasteiger partial charge in [0.05, 0.1) is 27.7 Å². The summed E-state index contributed by atoms with van der Waals surface area (Å²) >= 11 is 0. The number of likely N-dealkylation sites (N-methyl/N-ethyl adjacent to an activating group) is 1. The highest BCUT2D eigenvalue weighted by atomic mass is 31.2. The van der Waals surface area contributed by atoms with Gasteiger partial charge in [-0.15, -0.1) is 0 Å². The molecule has 0 aliphatic rings. The number of rotatable bonds is 51. The summed E-state index contributed by atoms with van der Waals surface area (Å²) in [6.07, 6.45) is 83.1. The highest BCUT2D eigenvalue weighted by Gasteiger charge is 2.27. The lowest BCUT2D eigenvalue weighted by atomic mass is 10.1. The van der Waals surface area contributed by atoms with Crippen LogP contribution in [0.1, 0.15) is 194 Å². The number of phosphoric acid groups is 1. The van der Waals surface area contributed by atoms with Gasteiger partial charge in [-0.3, -0.25) is 18.6 Å². The first-order valence-electron chi connectivity index (χ1n) is 29.2. The van der Waals surface area contributed by atoms with Crippen LogP contribution in [-0.2, 0) is 32.7 Å². The van der Waals surface area contributed by atoms with Gasteiger partial charge < -0.3 is 18.9 Å². The summed E-state index contributed by atoms with van der Waals surface area (Å²) in [6.45, 7) is 4.12. The van der Waals surface area contributed by atoms with Crippen molar-refractivity contribution in [1.29, 1.82) is 0 Å². The quantitative estimate of drug-likeness (QED) is 0.0211. The maximum atomic E-state index is 12.8. The number of allylic oxidation sites excluding steroid dienone is 26. The Labute approximate surface area is 465 Å². The Kier molecular flexibility index (Phi) is 52.2. The normalized spacial score (nSPS) is 14.4. The summed E-state index contributed by atoms with van der Waals surface area (Å²) in [4.78, 5) is 35.7. The summed E-state index contributed by atoms with van der Waals surface area (Å²) in [5, 5.41) is 0. The van der Waals surface area contributed by atoms with Crippen molar-refractivity contribution in [2.45, 2.75) is 200 Å². The summed E-state index contributed by atoms with van der Waals surface area (Å²) in [7, 11) is 1.42. The lowest BCUT2D eigenvalue weighted by molar-refractivity contribution is -0.870. The molecule has 0 amide bonds. The van der Waals surface area contributed by atoms with E-state index in [2.05, 4.69) is 172 Å². The zero-order valence-corrected chi connectivity index (χ0v) is 49.3. The third-order valence-corrected chi connectivity index (χ3v) is 12.5. The summed E-state index contributed by atoms with van der Waals surface area (Å²) < 4.78 is 34.5. The number of esters is 2. The Bertz CT molecular complexity index is 1840. The summed E-state index contributed by atoms with van der Waals surface area (Å²) in [5.74, 6) is -0.870. The van der Waals surface area contributed by atoms with Crippen LogP contribution >= 0.6 is 7.82 Å². The predicted molar refractivity (Wildman–Crippen MR) is 325 cm³/mol. The van der Waals surface area contributed by atoms with Crippen LogP contribution in [0.3, 0.4) is 0 Å². The molecule has 0 aromatic rings. The summed E-state index contributed by atoms with van der Waals surface area (Å²) in [5.41, 5.74) is 0. The standard InChI is InChI=1S/C66H106NO8P/c1-6-8-10-12-14-16-18-20-22-24-26-28-30-32-33-35-37-39-41-43-45-47-49-51-53-55-57-59-66(69)75-64(63-74-76(70,71)73-61-60-67(3,4)5)62-72-65(68)58-56-54-52-50-48-46-44-42-40-38-36-34-31-29-27-25-23-21-19-17-15-13-11-9-7-2/h8-11,14-17,20-23,26-29,32-34,36-37,39,43,45,49,51,64H,6-7,12-13,18-19,24-25,30-31,35,38,40-42,44,46-48,50,52-63H2,1-5H3/p+1/b10-8-,11-9-,16-14-,17-15-,22-20-,23-21-,28-26-,29-27-,33-32-,36-34-,39-37-,45-43-,51-49-.